The lowest BCUT2D eigenvalue weighted by Crippen LogP contribution is -2.72. The van der Waals surface area contributed by atoms with E-state index in [-0.39, 0.29) is 0 Å². The minimum atomic E-state index is -3.40. The number of aliphatic hydroxyl groups is 20. The zero-order valence-electron chi connectivity index (χ0n) is 51.6. The maximum absolute atomic E-state index is 13.6. The third kappa shape index (κ3) is 18.5. The summed E-state index contributed by atoms with van der Waals surface area (Å²) in [5, 5.41) is 239. The number of hydrogen-bond acceptors (Lipinski definition) is 37. The summed E-state index contributed by atoms with van der Waals surface area (Å²) >= 11 is 0. The van der Waals surface area contributed by atoms with Crippen molar-refractivity contribution in [1.82, 2.24) is 21.3 Å². The molecule has 0 aliphatic carbocycles. The molecule has 0 aromatic heterocycles. The van der Waals surface area contributed by atoms with E-state index < -0.39 is 296 Å². The lowest BCUT2D eigenvalue weighted by Gasteiger charge is -2.52. The van der Waals surface area contributed by atoms with Crippen LogP contribution in [0, 0.1) is 0 Å². The van der Waals surface area contributed by atoms with E-state index in [9.17, 15) is 131 Å². The molecular weight excluding hydrogens is 1300 g/mol. The van der Waals surface area contributed by atoms with Crippen molar-refractivity contribution in [2.75, 3.05) is 46.2 Å². The van der Waals surface area contributed by atoms with Crippen LogP contribution in [-0.4, -0.2) is 397 Å². The van der Waals surface area contributed by atoms with E-state index in [1.54, 1.807) is 0 Å². The molecule has 6 heterocycles. The number of hydrogen-bond donors (Lipinski definition) is 25. The average molecular weight is 1390 g/mol. The molecule has 6 fully saturated rings. The van der Waals surface area contributed by atoms with Crippen molar-refractivity contribution >= 4 is 29.6 Å². The standard InChI is InChI=1S/C53H90N4O38/c1-14-30(71)37(78)39(80)49(85-14)93-46-38(79)34(75)24(10-61)87-51(46)90-41(19(7-58)54-15(2)64)32(73)22(70)13-84-47-29(57-18(5)67)36(77)42(25(11-62)88-47)91-50-40(81)45(43(26(12-63)89-50)92-48-28(56-17(4)66)35(76)33(74)23(9-60)86-48)95-53(52(82)83)6-20(68)27(55-16(3)65)44(94-53)31(72)21(69)8-59/h14,19-51,58-63,68-81H,6-13H2,1-5H3,(H,54,64)(H,55,65)(H,56,66)(H,57,67)(H,82,83)/t14-,19-,20-,21+,22+,23+,24+,25+,26+,27+,28+,29+,30+,31+,32-,33-,34-,35+,36+,37+,38-,39-,40+,41+,42+,43-,44+,45+,46+,47+,48-,49-,50-,51-,53-/m0/s1. The van der Waals surface area contributed by atoms with E-state index in [4.69, 9.17) is 56.8 Å². The predicted molar refractivity (Wildman–Crippen MR) is 296 cm³/mol. The van der Waals surface area contributed by atoms with E-state index in [1.807, 2.05) is 0 Å². The molecule has 0 spiro atoms. The number of carboxylic acids is 1. The second-order valence-corrected chi connectivity index (χ2v) is 23.7. The van der Waals surface area contributed by atoms with Gasteiger partial charge in [-0.3, -0.25) is 19.2 Å². The number of aliphatic carboxylic acids is 1. The summed E-state index contributed by atoms with van der Waals surface area (Å²) in [4.78, 5) is 63.7. The van der Waals surface area contributed by atoms with Crippen LogP contribution in [0.1, 0.15) is 41.0 Å². The normalized spacial score (nSPS) is 42.9. The van der Waals surface area contributed by atoms with Crippen LogP contribution in [-0.2, 0) is 80.8 Å². The maximum Gasteiger partial charge on any atom is 0.364 e. The summed E-state index contributed by atoms with van der Waals surface area (Å²) in [6.07, 6.45) is -63.6. The number of aliphatic hydroxyl groups excluding tert-OH is 20. The van der Waals surface area contributed by atoms with Crippen LogP contribution in [0.25, 0.3) is 0 Å². The molecule has 0 saturated carbocycles. The number of nitrogens with one attached hydrogen (secondary N) is 4. The number of carbonyl (C=O) groups is 5. The molecule has 0 aromatic carbocycles. The number of carboxylic acid groups (broad SMARTS) is 1. The summed E-state index contributed by atoms with van der Waals surface area (Å²) in [6.45, 7) is -2.95. The van der Waals surface area contributed by atoms with Gasteiger partial charge in [-0.2, -0.15) is 0 Å². The Labute approximate surface area is 539 Å². The quantitative estimate of drug-likeness (QED) is 0.0331. The Morgan fingerprint density at radius 2 is 0.989 bits per heavy atom. The van der Waals surface area contributed by atoms with Crippen LogP contribution in [0.5, 0.6) is 0 Å². The number of amides is 4. The molecule has 6 aliphatic rings. The molecular formula is C53H90N4O38. The Balaban J connectivity index is 1.32. The molecule has 550 valence electrons. The first-order chi connectivity index (χ1) is 44.6. The van der Waals surface area contributed by atoms with Crippen LogP contribution in [0.3, 0.4) is 0 Å². The Hall–Kier alpha value is -3.93. The van der Waals surface area contributed by atoms with Gasteiger partial charge in [-0.25, -0.2) is 4.79 Å². The maximum atomic E-state index is 13.6. The van der Waals surface area contributed by atoms with Crippen LogP contribution in [0.4, 0.5) is 0 Å². The average Bonchev–Trinajstić information content (AvgIpc) is 0.756. The SMILES string of the molecule is CC(=O)N[C@H]1[C@H](OC[C@@H](O)[C@H](O)[C@H](O[C@@H]2O[C@H](CO)[C@H](O)[C@H](O)[C@H]2O[C@@H]2O[C@@H](C)[C@@H](O)[C@@H](O)[C@@H]2O)[C@H](CO)NC(C)=O)O[C@H](CO)[C@@H](O[C@@H]2O[C@H](CO)[C@H](O[C@@H]3O[C@H](CO)[C@H](O)[C@H](O)[C@H]3NC(C)=O)[C@H](O[C@]3(C(=O)O)C[C@H](O)[C@@H](NC(C)=O)[C@H]([C@H](O)[C@H](O)CO)O3)[C@H]2O)[C@@H]1O. The lowest BCUT2D eigenvalue weighted by molar-refractivity contribution is -0.398. The van der Waals surface area contributed by atoms with E-state index in [0.29, 0.717) is 0 Å². The van der Waals surface area contributed by atoms with Crippen molar-refractivity contribution in [2.24, 2.45) is 0 Å². The van der Waals surface area contributed by atoms with Gasteiger partial charge in [0.05, 0.1) is 70.5 Å². The number of ether oxygens (including phenoxy) is 12. The van der Waals surface area contributed by atoms with Crippen molar-refractivity contribution in [1.29, 1.82) is 0 Å². The van der Waals surface area contributed by atoms with E-state index in [0.717, 1.165) is 27.7 Å². The molecule has 25 N–H and O–H groups in total. The summed E-state index contributed by atoms with van der Waals surface area (Å²) in [5.41, 5.74) is 0. The molecule has 95 heavy (non-hydrogen) atoms. The molecule has 0 bridgehead atoms. The topological polar surface area (TPSA) is 669 Å². The number of rotatable bonds is 29. The van der Waals surface area contributed by atoms with Gasteiger partial charge < -0.3 is 185 Å². The van der Waals surface area contributed by atoms with Gasteiger partial charge >= 0.3 is 5.97 Å². The molecule has 6 aliphatic heterocycles. The first-order valence-electron chi connectivity index (χ1n) is 30.0. The van der Waals surface area contributed by atoms with Gasteiger partial charge in [0.15, 0.2) is 31.5 Å². The predicted octanol–water partition coefficient (Wildman–Crippen LogP) is -15.8. The van der Waals surface area contributed by atoms with E-state index >= 15 is 0 Å². The van der Waals surface area contributed by atoms with Gasteiger partial charge in [0.2, 0.25) is 23.6 Å². The molecule has 42 heteroatoms. The van der Waals surface area contributed by atoms with E-state index in [1.165, 1.54) is 6.92 Å². The van der Waals surface area contributed by atoms with Crippen molar-refractivity contribution in [3.8, 4) is 0 Å². The van der Waals surface area contributed by atoms with Gasteiger partial charge in [0, 0.05) is 34.1 Å². The fourth-order valence-corrected chi connectivity index (χ4v) is 11.7. The fraction of sp³-hybridized carbons (Fsp3) is 0.906. The van der Waals surface area contributed by atoms with Crippen LogP contribution >= 0.6 is 0 Å². The second kappa shape index (κ2) is 34.9. The Kier molecular flexibility index (Phi) is 29.4. The summed E-state index contributed by atoms with van der Waals surface area (Å²) in [6, 6.07) is -7.28. The fourth-order valence-electron chi connectivity index (χ4n) is 11.7. The molecule has 4 amide bonds. The molecule has 0 aromatic rings. The number of carbonyl (C=O) groups excluding carboxylic acids is 4. The zero-order chi connectivity index (χ0) is 71.0. The Bertz CT molecular complexity index is 2470. The monoisotopic (exact) mass is 1390 g/mol. The zero-order valence-corrected chi connectivity index (χ0v) is 51.6. The highest BCUT2D eigenvalue weighted by molar-refractivity contribution is 5.77. The third-order valence-corrected chi connectivity index (χ3v) is 16.7. The van der Waals surface area contributed by atoms with Crippen LogP contribution in [0.15, 0.2) is 0 Å². The van der Waals surface area contributed by atoms with Gasteiger partial charge in [-0.1, -0.05) is 0 Å². The highest BCUT2D eigenvalue weighted by Crippen LogP contribution is 2.41. The van der Waals surface area contributed by atoms with Gasteiger partial charge in [-0.05, 0) is 6.92 Å². The van der Waals surface area contributed by atoms with Gasteiger partial charge in [0.1, 0.15) is 152 Å². The van der Waals surface area contributed by atoms with Crippen LogP contribution < -0.4 is 21.3 Å². The first-order valence-corrected chi connectivity index (χ1v) is 30.0. The Morgan fingerprint density at radius 1 is 0.495 bits per heavy atom. The largest absolute Gasteiger partial charge is 0.477 e. The molecule has 42 nitrogen and oxygen atoms in total. The lowest BCUT2D eigenvalue weighted by atomic mass is 9.88. The van der Waals surface area contributed by atoms with Crippen molar-refractivity contribution < 1.29 is 188 Å². The minimum absolute atomic E-state index is 0.878. The van der Waals surface area contributed by atoms with Crippen molar-refractivity contribution in [3.63, 3.8) is 0 Å². The van der Waals surface area contributed by atoms with Gasteiger partial charge in [-0.15, -0.1) is 0 Å². The highest BCUT2D eigenvalue weighted by atomic mass is 16.8. The van der Waals surface area contributed by atoms with E-state index in [2.05, 4.69) is 21.3 Å². The van der Waals surface area contributed by atoms with Gasteiger partial charge in [0.25, 0.3) is 5.79 Å². The third-order valence-electron chi connectivity index (χ3n) is 16.7. The van der Waals surface area contributed by atoms with Crippen molar-refractivity contribution in [3.05, 3.63) is 0 Å². The molecule has 0 unspecified atom stereocenters. The second-order valence-electron chi connectivity index (χ2n) is 23.7. The summed E-state index contributed by atoms with van der Waals surface area (Å²) in [7, 11) is 0. The summed E-state index contributed by atoms with van der Waals surface area (Å²) < 4.78 is 70.2. The molecule has 6 rings (SSSR count). The minimum Gasteiger partial charge on any atom is -0.477 e. The molecule has 0 radical (unpaired) electrons. The highest BCUT2D eigenvalue weighted by Gasteiger charge is 2.62. The Morgan fingerprint density at radius 3 is 1.53 bits per heavy atom. The van der Waals surface area contributed by atoms with Crippen LogP contribution in [0.2, 0.25) is 0 Å². The first kappa shape index (κ1) is 80.0. The van der Waals surface area contributed by atoms with Crippen molar-refractivity contribution in [2.45, 2.75) is 255 Å². The molecule has 35 atom stereocenters. The summed E-state index contributed by atoms with van der Waals surface area (Å²) in [5.74, 6) is -9.19. The molecule has 6 saturated heterocycles. The smallest absolute Gasteiger partial charge is 0.364 e.